The molecule has 0 spiro atoms. The molecule has 0 N–H and O–H groups in total. The first-order valence-electron chi connectivity index (χ1n) is 9.48. The van der Waals surface area contributed by atoms with Crippen molar-refractivity contribution in [3.63, 3.8) is 0 Å². The number of carbonyl (C=O) groups excluding carboxylic acids is 2. The molecule has 22 heavy (non-hydrogen) atoms. The topological polar surface area (TPSA) is 37.4 Å². The van der Waals surface area contributed by atoms with E-state index in [1.165, 1.54) is 69.1 Å². The van der Waals surface area contributed by atoms with Crippen molar-refractivity contribution < 1.29 is 9.59 Å². The fourth-order valence-electron chi connectivity index (χ4n) is 2.96. The summed E-state index contributed by atoms with van der Waals surface area (Å²) in [6.07, 6.45) is 18.4. The average Bonchev–Trinajstić information content (AvgIpc) is 2.54. The van der Waals surface area contributed by atoms with Gasteiger partial charge >= 0.3 is 0 Å². The molecule has 130 valence electrons. The minimum atomic E-state index is 0.118. The van der Waals surface area contributed by atoms with Gasteiger partial charge in [-0.25, -0.2) is 0 Å². The van der Waals surface area contributed by atoms with Gasteiger partial charge in [-0.05, 0) is 12.8 Å². The Kier molecular flexibility index (Phi) is 15.9. The van der Waals surface area contributed by atoms with Crippen LogP contribution in [0, 0.1) is 0 Å². The van der Waals surface area contributed by atoms with Crippen molar-refractivity contribution in [2.45, 2.75) is 110 Å². The van der Waals surface area contributed by atoms with E-state index < -0.39 is 0 Å². The van der Waals surface area contributed by atoms with Crippen molar-refractivity contribution in [1.82, 2.24) is 4.90 Å². The second-order valence-electron chi connectivity index (χ2n) is 6.42. The molecule has 0 bridgehead atoms. The highest BCUT2D eigenvalue weighted by molar-refractivity contribution is 5.69. The fraction of sp³-hybridized carbons (Fsp3) is 0.895. The summed E-state index contributed by atoms with van der Waals surface area (Å²) in [5.74, 6) is 0. The summed E-state index contributed by atoms with van der Waals surface area (Å²) >= 11 is 0. The molecule has 0 aromatic carbocycles. The summed E-state index contributed by atoms with van der Waals surface area (Å²) in [7, 11) is 0. The van der Waals surface area contributed by atoms with Crippen LogP contribution in [0.1, 0.15) is 104 Å². The van der Waals surface area contributed by atoms with E-state index in [1.54, 1.807) is 0 Å². The Balaban J connectivity index is 3.90. The lowest BCUT2D eigenvalue weighted by molar-refractivity contribution is -0.132. The van der Waals surface area contributed by atoms with Gasteiger partial charge in [-0.1, -0.05) is 90.9 Å². The molecule has 3 heteroatoms. The van der Waals surface area contributed by atoms with Crippen molar-refractivity contribution in [3.8, 4) is 0 Å². The zero-order chi connectivity index (χ0) is 16.5. The zero-order valence-electron chi connectivity index (χ0n) is 14.9. The Bertz CT molecular complexity index is 232. The fourth-order valence-corrected chi connectivity index (χ4v) is 2.96. The number of amides is 2. The average molecular weight is 312 g/mol. The van der Waals surface area contributed by atoms with Crippen LogP contribution >= 0.6 is 0 Å². The molecular formula is C19H37NO2. The van der Waals surface area contributed by atoms with Gasteiger partial charge in [-0.15, -0.1) is 0 Å². The largest absolute Gasteiger partial charge is 0.285 e. The minimum absolute atomic E-state index is 0.118. The number of unbranched alkanes of at least 4 members (excludes halogenated alkanes) is 10. The molecule has 0 fully saturated rings. The summed E-state index contributed by atoms with van der Waals surface area (Å²) in [4.78, 5) is 23.4. The van der Waals surface area contributed by atoms with Crippen LogP contribution in [-0.4, -0.2) is 23.8 Å². The summed E-state index contributed by atoms with van der Waals surface area (Å²) in [5, 5.41) is 0. The second kappa shape index (κ2) is 16.5. The second-order valence-corrected chi connectivity index (χ2v) is 6.42. The Labute approximate surface area is 137 Å². The van der Waals surface area contributed by atoms with Gasteiger partial charge in [0.25, 0.3) is 0 Å². The first kappa shape index (κ1) is 21.1. The number of hydrogen-bond acceptors (Lipinski definition) is 2. The van der Waals surface area contributed by atoms with Gasteiger partial charge in [0, 0.05) is 6.04 Å². The van der Waals surface area contributed by atoms with E-state index in [4.69, 9.17) is 0 Å². The lowest BCUT2D eigenvalue weighted by Gasteiger charge is -2.23. The molecule has 3 nitrogen and oxygen atoms in total. The molecule has 0 aromatic heterocycles. The van der Waals surface area contributed by atoms with Crippen LogP contribution in [0.15, 0.2) is 0 Å². The van der Waals surface area contributed by atoms with Gasteiger partial charge in [-0.2, -0.15) is 0 Å². The molecular weight excluding hydrogens is 274 g/mol. The van der Waals surface area contributed by atoms with Crippen molar-refractivity contribution in [2.24, 2.45) is 0 Å². The molecule has 0 saturated heterocycles. The van der Waals surface area contributed by atoms with Crippen molar-refractivity contribution in [3.05, 3.63) is 0 Å². The third kappa shape index (κ3) is 11.8. The highest BCUT2D eigenvalue weighted by Gasteiger charge is 2.15. The monoisotopic (exact) mass is 311 g/mol. The van der Waals surface area contributed by atoms with Crippen LogP contribution in [0.2, 0.25) is 0 Å². The molecule has 0 atom stereocenters. The van der Waals surface area contributed by atoms with Gasteiger partial charge < -0.3 is 0 Å². The first-order valence-corrected chi connectivity index (χ1v) is 9.48. The third-order valence-corrected chi connectivity index (χ3v) is 4.45. The highest BCUT2D eigenvalue weighted by Crippen LogP contribution is 2.17. The van der Waals surface area contributed by atoms with E-state index in [-0.39, 0.29) is 6.04 Å². The summed E-state index contributed by atoms with van der Waals surface area (Å²) < 4.78 is 0. The summed E-state index contributed by atoms with van der Waals surface area (Å²) in [5.41, 5.74) is 0. The standard InChI is InChI=1S/C19H37NO2/c1-3-5-7-9-11-13-15-19(20(17-21)18-22)16-14-12-10-8-6-4-2/h17-19H,3-16H2,1-2H3. The maximum atomic E-state index is 11.0. The Morgan fingerprint density at radius 3 is 1.36 bits per heavy atom. The Morgan fingerprint density at radius 2 is 1.00 bits per heavy atom. The van der Waals surface area contributed by atoms with Crippen LogP contribution in [-0.2, 0) is 9.59 Å². The van der Waals surface area contributed by atoms with E-state index in [0.29, 0.717) is 12.8 Å². The molecule has 0 unspecified atom stereocenters. The molecule has 2 amide bonds. The van der Waals surface area contributed by atoms with Gasteiger partial charge in [0.15, 0.2) is 0 Å². The predicted octanol–water partition coefficient (Wildman–Crippen LogP) is 5.47. The van der Waals surface area contributed by atoms with Crippen LogP contribution in [0.3, 0.4) is 0 Å². The Morgan fingerprint density at radius 1 is 0.636 bits per heavy atom. The van der Waals surface area contributed by atoms with Crippen molar-refractivity contribution >= 4 is 12.8 Å². The van der Waals surface area contributed by atoms with E-state index in [2.05, 4.69) is 13.8 Å². The zero-order valence-corrected chi connectivity index (χ0v) is 14.9. The lowest BCUT2D eigenvalue weighted by atomic mass is 9.99. The molecule has 0 saturated carbocycles. The van der Waals surface area contributed by atoms with Gasteiger partial charge in [-0.3, -0.25) is 14.5 Å². The molecule has 0 aliphatic heterocycles. The summed E-state index contributed by atoms with van der Waals surface area (Å²) in [6.45, 7) is 4.45. The maximum Gasteiger partial charge on any atom is 0.216 e. The van der Waals surface area contributed by atoms with E-state index >= 15 is 0 Å². The molecule has 0 heterocycles. The lowest BCUT2D eigenvalue weighted by Crippen LogP contribution is -2.33. The van der Waals surface area contributed by atoms with Gasteiger partial charge in [0.2, 0.25) is 12.8 Å². The van der Waals surface area contributed by atoms with E-state index in [1.807, 2.05) is 0 Å². The number of rotatable bonds is 17. The van der Waals surface area contributed by atoms with E-state index in [9.17, 15) is 9.59 Å². The van der Waals surface area contributed by atoms with Crippen molar-refractivity contribution in [1.29, 1.82) is 0 Å². The number of carbonyl (C=O) groups is 2. The number of nitrogens with zero attached hydrogens (tertiary/aromatic N) is 1. The highest BCUT2D eigenvalue weighted by atomic mass is 16.2. The molecule has 0 aromatic rings. The smallest absolute Gasteiger partial charge is 0.216 e. The molecule has 0 radical (unpaired) electrons. The third-order valence-electron chi connectivity index (χ3n) is 4.45. The van der Waals surface area contributed by atoms with Crippen LogP contribution in [0.5, 0.6) is 0 Å². The van der Waals surface area contributed by atoms with Crippen LogP contribution in [0.4, 0.5) is 0 Å². The molecule has 0 aliphatic carbocycles. The predicted molar refractivity (Wildman–Crippen MR) is 93.7 cm³/mol. The van der Waals surface area contributed by atoms with Gasteiger partial charge in [0.1, 0.15) is 0 Å². The minimum Gasteiger partial charge on any atom is -0.285 e. The maximum absolute atomic E-state index is 11.0. The normalized spacial score (nSPS) is 10.9. The quantitative estimate of drug-likeness (QED) is 0.264. The molecule has 0 rings (SSSR count). The number of imide groups is 1. The van der Waals surface area contributed by atoms with E-state index in [0.717, 1.165) is 25.7 Å². The summed E-state index contributed by atoms with van der Waals surface area (Å²) in [6, 6.07) is 0.118. The van der Waals surface area contributed by atoms with Crippen molar-refractivity contribution in [2.75, 3.05) is 0 Å². The van der Waals surface area contributed by atoms with Gasteiger partial charge in [0.05, 0.1) is 0 Å². The van der Waals surface area contributed by atoms with Crippen LogP contribution < -0.4 is 0 Å². The number of hydrogen-bond donors (Lipinski definition) is 0. The Hall–Kier alpha value is -0.860. The SMILES string of the molecule is CCCCCCCCC(CCCCCCCC)N(C=O)C=O. The van der Waals surface area contributed by atoms with Crippen LogP contribution in [0.25, 0.3) is 0 Å². The first-order chi connectivity index (χ1) is 10.8. The molecule has 0 aliphatic rings.